The third-order valence-electron chi connectivity index (χ3n) is 3.48. The van der Waals surface area contributed by atoms with Crippen molar-refractivity contribution < 1.29 is 23.3 Å². The lowest BCUT2D eigenvalue weighted by molar-refractivity contribution is -0.682. The highest BCUT2D eigenvalue weighted by molar-refractivity contribution is 5.91. The molecule has 23 heavy (non-hydrogen) atoms. The number of alkyl halides is 3. The summed E-state index contributed by atoms with van der Waals surface area (Å²) in [6.07, 6.45) is -4.37. The van der Waals surface area contributed by atoms with Gasteiger partial charge in [0, 0.05) is 11.3 Å². The van der Waals surface area contributed by atoms with Gasteiger partial charge in [-0.25, -0.2) is 0 Å². The molecule has 0 fully saturated rings. The van der Waals surface area contributed by atoms with Gasteiger partial charge >= 0.3 is 6.18 Å². The SMILES string of the molecule is C[C@H]([NH2+]CC(=O)Nc1ccc(C(F)(F)F)cc1)c1ccccc1. The molecule has 122 valence electrons. The van der Waals surface area contributed by atoms with E-state index in [0.717, 1.165) is 17.7 Å². The maximum absolute atomic E-state index is 12.5. The van der Waals surface area contributed by atoms with E-state index in [9.17, 15) is 18.0 Å². The Morgan fingerprint density at radius 1 is 1.09 bits per heavy atom. The van der Waals surface area contributed by atoms with Crippen LogP contribution in [0.4, 0.5) is 18.9 Å². The zero-order chi connectivity index (χ0) is 16.9. The first-order valence-corrected chi connectivity index (χ1v) is 7.21. The van der Waals surface area contributed by atoms with E-state index in [4.69, 9.17) is 0 Å². The summed E-state index contributed by atoms with van der Waals surface area (Å²) in [5.41, 5.74) is 0.721. The summed E-state index contributed by atoms with van der Waals surface area (Å²) in [5, 5.41) is 4.46. The number of hydrogen-bond acceptors (Lipinski definition) is 1. The van der Waals surface area contributed by atoms with Gasteiger partial charge in [-0.2, -0.15) is 13.2 Å². The first-order valence-electron chi connectivity index (χ1n) is 7.21. The van der Waals surface area contributed by atoms with Gasteiger partial charge in [0.25, 0.3) is 5.91 Å². The Bertz CT molecular complexity index is 639. The molecule has 3 N–H and O–H groups in total. The van der Waals surface area contributed by atoms with E-state index in [1.807, 2.05) is 42.6 Å². The van der Waals surface area contributed by atoms with Crippen molar-refractivity contribution in [3.63, 3.8) is 0 Å². The summed E-state index contributed by atoms with van der Waals surface area (Å²) >= 11 is 0. The second-order valence-electron chi connectivity index (χ2n) is 5.26. The maximum Gasteiger partial charge on any atom is 0.416 e. The number of anilines is 1. The fourth-order valence-corrected chi connectivity index (χ4v) is 2.13. The van der Waals surface area contributed by atoms with Crippen molar-refractivity contribution in [3.05, 3.63) is 65.7 Å². The molecule has 0 spiro atoms. The molecule has 3 nitrogen and oxygen atoms in total. The Kier molecular flexibility index (Phi) is 5.39. The topological polar surface area (TPSA) is 45.7 Å². The third-order valence-corrected chi connectivity index (χ3v) is 3.48. The molecular weight excluding hydrogens is 305 g/mol. The third kappa shape index (κ3) is 5.10. The lowest BCUT2D eigenvalue weighted by Gasteiger charge is -2.11. The fourth-order valence-electron chi connectivity index (χ4n) is 2.13. The molecule has 0 saturated heterocycles. The van der Waals surface area contributed by atoms with E-state index in [0.29, 0.717) is 5.69 Å². The number of carbonyl (C=O) groups excluding carboxylic acids is 1. The average Bonchev–Trinajstić information content (AvgIpc) is 2.53. The summed E-state index contributed by atoms with van der Waals surface area (Å²) in [5.74, 6) is -0.257. The van der Waals surface area contributed by atoms with E-state index in [1.165, 1.54) is 12.1 Å². The Balaban J connectivity index is 1.85. The molecule has 0 bridgehead atoms. The van der Waals surface area contributed by atoms with Gasteiger partial charge in [0.05, 0.1) is 5.56 Å². The van der Waals surface area contributed by atoms with Gasteiger partial charge in [-0.1, -0.05) is 30.3 Å². The average molecular weight is 323 g/mol. The van der Waals surface area contributed by atoms with Crippen LogP contribution in [-0.2, 0) is 11.0 Å². The normalized spacial score (nSPS) is 12.7. The molecule has 6 heteroatoms. The van der Waals surface area contributed by atoms with E-state index in [1.54, 1.807) is 0 Å². The smallest absolute Gasteiger partial charge is 0.333 e. The first kappa shape index (κ1) is 17.0. The first-order chi connectivity index (χ1) is 10.9. The molecule has 0 radical (unpaired) electrons. The molecule has 2 rings (SSSR count). The molecule has 0 heterocycles. The molecule has 0 aromatic heterocycles. The van der Waals surface area contributed by atoms with Crippen LogP contribution in [0.3, 0.4) is 0 Å². The van der Waals surface area contributed by atoms with Crippen LogP contribution in [0, 0.1) is 0 Å². The Hall–Kier alpha value is -2.34. The molecule has 1 atom stereocenters. The molecule has 0 aliphatic carbocycles. The Morgan fingerprint density at radius 3 is 2.26 bits per heavy atom. The molecule has 0 aliphatic heterocycles. The lowest BCUT2D eigenvalue weighted by atomic mass is 10.1. The van der Waals surface area contributed by atoms with E-state index in [-0.39, 0.29) is 18.5 Å². The van der Waals surface area contributed by atoms with Crippen molar-refractivity contribution in [2.24, 2.45) is 0 Å². The van der Waals surface area contributed by atoms with Gasteiger partial charge < -0.3 is 10.6 Å². The largest absolute Gasteiger partial charge is 0.416 e. The number of nitrogens with one attached hydrogen (secondary N) is 1. The Morgan fingerprint density at radius 2 is 1.70 bits per heavy atom. The number of quaternary nitrogens is 1. The zero-order valence-corrected chi connectivity index (χ0v) is 12.6. The van der Waals surface area contributed by atoms with Crippen molar-refractivity contribution in [2.75, 3.05) is 11.9 Å². The van der Waals surface area contributed by atoms with E-state index in [2.05, 4.69) is 5.32 Å². The van der Waals surface area contributed by atoms with Gasteiger partial charge in [-0.15, -0.1) is 0 Å². The minimum absolute atomic E-state index is 0.120. The van der Waals surface area contributed by atoms with Crippen LogP contribution in [0.25, 0.3) is 0 Å². The molecule has 2 aromatic carbocycles. The minimum atomic E-state index is -4.37. The quantitative estimate of drug-likeness (QED) is 0.873. The second-order valence-corrected chi connectivity index (χ2v) is 5.26. The Labute approximate surface area is 132 Å². The van der Waals surface area contributed by atoms with Gasteiger partial charge in [0.2, 0.25) is 0 Å². The van der Waals surface area contributed by atoms with Crippen LogP contribution in [0.1, 0.15) is 24.1 Å². The number of carbonyl (C=O) groups is 1. The van der Waals surface area contributed by atoms with Crippen molar-refractivity contribution >= 4 is 11.6 Å². The van der Waals surface area contributed by atoms with E-state index >= 15 is 0 Å². The monoisotopic (exact) mass is 323 g/mol. The maximum atomic E-state index is 12.5. The highest BCUT2D eigenvalue weighted by Crippen LogP contribution is 2.29. The van der Waals surface area contributed by atoms with Crippen LogP contribution < -0.4 is 10.6 Å². The van der Waals surface area contributed by atoms with Crippen LogP contribution in [0.15, 0.2) is 54.6 Å². The van der Waals surface area contributed by atoms with Crippen LogP contribution >= 0.6 is 0 Å². The number of halogens is 3. The molecule has 2 aromatic rings. The number of nitrogens with two attached hydrogens (primary N) is 1. The summed E-state index contributed by atoms with van der Waals surface area (Å²) in [4.78, 5) is 11.9. The predicted octanol–water partition coefficient (Wildman–Crippen LogP) is 2.97. The van der Waals surface area contributed by atoms with E-state index < -0.39 is 11.7 Å². The second kappa shape index (κ2) is 7.28. The molecule has 0 unspecified atom stereocenters. The van der Waals surface area contributed by atoms with Gasteiger partial charge in [-0.05, 0) is 31.2 Å². The van der Waals surface area contributed by atoms with Crippen molar-refractivity contribution in [3.8, 4) is 0 Å². The molecule has 0 aliphatic rings. The highest BCUT2D eigenvalue weighted by atomic mass is 19.4. The predicted molar refractivity (Wildman–Crippen MR) is 81.7 cm³/mol. The van der Waals surface area contributed by atoms with Crippen molar-refractivity contribution in [1.29, 1.82) is 0 Å². The van der Waals surface area contributed by atoms with Gasteiger partial charge in [0.1, 0.15) is 6.04 Å². The van der Waals surface area contributed by atoms with Crippen LogP contribution in [0.2, 0.25) is 0 Å². The zero-order valence-electron chi connectivity index (χ0n) is 12.6. The van der Waals surface area contributed by atoms with Crippen LogP contribution in [0.5, 0.6) is 0 Å². The molecule has 0 saturated carbocycles. The minimum Gasteiger partial charge on any atom is -0.333 e. The molecular formula is C17H18F3N2O+. The summed E-state index contributed by atoms with van der Waals surface area (Å²) in [6, 6.07) is 14.3. The number of benzene rings is 2. The number of rotatable bonds is 5. The van der Waals surface area contributed by atoms with Gasteiger partial charge in [-0.3, -0.25) is 4.79 Å². The number of amides is 1. The van der Waals surface area contributed by atoms with Crippen LogP contribution in [-0.4, -0.2) is 12.5 Å². The summed E-state index contributed by atoms with van der Waals surface area (Å²) < 4.78 is 37.4. The summed E-state index contributed by atoms with van der Waals surface area (Å²) in [7, 11) is 0. The highest BCUT2D eigenvalue weighted by Gasteiger charge is 2.30. The van der Waals surface area contributed by atoms with Crippen molar-refractivity contribution in [1.82, 2.24) is 0 Å². The molecule has 1 amide bonds. The van der Waals surface area contributed by atoms with Crippen molar-refractivity contribution in [2.45, 2.75) is 19.1 Å². The summed E-state index contributed by atoms with van der Waals surface area (Å²) in [6.45, 7) is 2.18. The lowest BCUT2D eigenvalue weighted by Crippen LogP contribution is -2.86. The van der Waals surface area contributed by atoms with Gasteiger partial charge in [0.15, 0.2) is 6.54 Å². The number of hydrogen-bond donors (Lipinski definition) is 2. The standard InChI is InChI=1S/C17H17F3N2O/c1-12(13-5-3-2-4-6-13)21-11-16(23)22-15-9-7-14(8-10-15)17(18,19)20/h2-10,12,21H,11H2,1H3,(H,22,23)/p+1/t12-/m0/s1. The fraction of sp³-hybridized carbons (Fsp3) is 0.235.